The summed E-state index contributed by atoms with van der Waals surface area (Å²) in [6, 6.07) is 6.23. The Balaban J connectivity index is 2.57. The molecule has 21 heavy (non-hydrogen) atoms. The minimum absolute atomic E-state index is 0.418. The molecule has 0 heterocycles. The van der Waals surface area contributed by atoms with Crippen LogP contribution in [0, 0.1) is 6.92 Å². The van der Waals surface area contributed by atoms with Gasteiger partial charge in [0, 0.05) is 0 Å². The Kier molecular flexibility index (Phi) is 6.21. The fraction of sp³-hybridized carbons (Fsp3) is 0.588. The van der Waals surface area contributed by atoms with Gasteiger partial charge in [-0.25, -0.2) is 0 Å². The van der Waals surface area contributed by atoms with Crippen LogP contribution < -0.4 is 10.5 Å². The molecule has 0 amide bonds. The van der Waals surface area contributed by atoms with Gasteiger partial charge in [-0.05, 0) is 49.3 Å². The van der Waals surface area contributed by atoms with Gasteiger partial charge in [0.05, 0.1) is 6.61 Å². The van der Waals surface area contributed by atoms with Crippen molar-refractivity contribution < 1.29 is 14.6 Å². The van der Waals surface area contributed by atoms with E-state index in [1.807, 2.05) is 6.92 Å². The molecule has 118 valence electrons. The van der Waals surface area contributed by atoms with Crippen molar-refractivity contribution in [3.63, 3.8) is 0 Å². The van der Waals surface area contributed by atoms with Gasteiger partial charge in [-0.15, -0.1) is 0 Å². The smallest absolute Gasteiger partial charge is 0.323 e. The normalized spacial score (nSPS) is 14.0. The van der Waals surface area contributed by atoms with Crippen molar-refractivity contribution in [1.29, 1.82) is 0 Å². The quantitative estimate of drug-likeness (QED) is 0.720. The van der Waals surface area contributed by atoms with Crippen molar-refractivity contribution in [2.45, 2.75) is 58.4 Å². The number of aryl methyl sites for hydroxylation is 1. The first-order chi connectivity index (χ1) is 9.80. The zero-order chi connectivity index (χ0) is 16.0. The largest absolute Gasteiger partial charge is 0.493 e. The molecule has 3 N–H and O–H groups in total. The molecule has 0 fully saturated rings. The van der Waals surface area contributed by atoms with Gasteiger partial charge in [-0.3, -0.25) is 4.79 Å². The molecule has 0 aromatic heterocycles. The summed E-state index contributed by atoms with van der Waals surface area (Å²) in [5.74, 6) is 0.385. The molecule has 1 aromatic carbocycles. The van der Waals surface area contributed by atoms with E-state index in [9.17, 15) is 4.79 Å². The van der Waals surface area contributed by atoms with Crippen molar-refractivity contribution in [2.24, 2.45) is 5.73 Å². The molecule has 4 nitrogen and oxygen atoms in total. The number of ether oxygens (including phenoxy) is 1. The van der Waals surface area contributed by atoms with Crippen LogP contribution in [0.3, 0.4) is 0 Å². The van der Waals surface area contributed by atoms with E-state index in [1.165, 1.54) is 5.56 Å². The lowest BCUT2D eigenvalue weighted by molar-refractivity contribution is -0.143. The van der Waals surface area contributed by atoms with Crippen LogP contribution in [-0.2, 0) is 4.79 Å². The molecule has 0 saturated heterocycles. The van der Waals surface area contributed by atoms with Gasteiger partial charge in [-0.2, -0.15) is 0 Å². The number of hydrogen-bond donors (Lipinski definition) is 2. The highest BCUT2D eigenvalue weighted by Gasteiger charge is 2.31. The third kappa shape index (κ3) is 4.74. The zero-order valence-corrected chi connectivity index (χ0v) is 13.5. The number of nitrogens with two attached hydrogens (primary N) is 1. The maximum Gasteiger partial charge on any atom is 0.323 e. The number of carboxylic acids is 1. The number of benzene rings is 1. The molecular formula is C17H27NO3. The second kappa shape index (κ2) is 7.46. The summed E-state index contributed by atoms with van der Waals surface area (Å²) in [5, 5.41) is 9.12. The molecule has 1 aromatic rings. The number of hydrogen-bond acceptors (Lipinski definition) is 3. The highest BCUT2D eigenvalue weighted by Crippen LogP contribution is 2.24. The minimum atomic E-state index is -1.14. The van der Waals surface area contributed by atoms with E-state index in [0.29, 0.717) is 31.8 Å². The predicted octanol–water partition coefficient (Wildman–Crippen LogP) is 3.47. The lowest BCUT2D eigenvalue weighted by Crippen LogP contribution is -2.47. The van der Waals surface area contributed by atoms with Crippen LogP contribution in [-0.4, -0.2) is 23.2 Å². The first kappa shape index (κ1) is 17.5. The Morgan fingerprint density at radius 3 is 2.62 bits per heavy atom. The van der Waals surface area contributed by atoms with E-state index in [2.05, 4.69) is 32.0 Å². The molecule has 1 unspecified atom stereocenters. The van der Waals surface area contributed by atoms with Gasteiger partial charge in [0.15, 0.2) is 0 Å². The van der Waals surface area contributed by atoms with Crippen LogP contribution in [0.4, 0.5) is 0 Å². The average Bonchev–Trinajstić information content (AvgIpc) is 2.44. The van der Waals surface area contributed by atoms with Gasteiger partial charge in [0.1, 0.15) is 11.3 Å². The SMILES string of the molecule is CCC(N)(CCCOc1cc(C(C)C)ccc1C)C(=O)O. The molecular weight excluding hydrogens is 266 g/mol. The number of aliphatic carboxylic acids is 1. The minimum Gasteiger partial charge on any atom is -0.493 e. The zero-order valence-electron chi connectivity index (χ0n) is 13.5. The van der Waals surface area contributed by atoms with Gasteiger partial charge in [-0.1, -0.05) is 32.9 Å². The molecule has 0 radical (unpaired) electrons. The maximum absolute atomic E-state index is 11.1. The van der Waals surface area contributed by atoms with Gasteiger partial charge >= 0.3 is 5.97 Å². The van der Waals surface area contributed by atoms with E-state index >= 15 is 0 Å². The maximum atomic E-state index is 11.1. The second-order valence-corrected chi connectivity index (χ2v) is 5.95. The van der Waals surface area contributed by atoms with Gasteiger partial charge in [0.25, 0.3) is 0 Å². The third-order valence-corrected chi connectivity index (χ3v) is 3.96. The summed E-state index contributed by atoms with van der Waals surface area (Å²) in [5.41, 5.74) is 7.05. The van der Waals surface area contributed by atoms with Crippen LogP contribution >= 0.6 is 0 Å². The topological polar surface area (TPSA) is 72.5 Å². The number of carboxylic acid groups (broad SMARTS) is 1. The van der Waals surface area contributed by atoms with Crippen LogP contribution in [0.1, 0.15) is 57.1 Å². The van der Waals surface area contributed by atoms with Crippen LogP contribution in [0.15, 0.2) is 18.2 Å². The second-order valence-electron chi connectivity index (χ2n) is 5.95. The predicted molar refractivity (Wildman–Crippen MR) is 84.8 cm³/mol. The average molecular weight is 293 g/mol. The fourth-order valence-corrected chi connectivity index (χ4v) is 2.14. The van der Waals surface area contributed by atoms with E-state index in [-0.39, 0.29) is 0 Å². The van der Waals surface area contributed by atoms with Crippen molar-refractivity contribution in [3.05, 3.63) is 29.3 Å². The molecule has 0 spiro atoms. The molecule has 1 rings (SSSR count). The van der Waals surface area contributed by atoms with Gasteiger partial charge < -0.3 is 15.6 Å². The lowest BCUT2D eigenvalue weighted by Gasteiger charge is -2.22. The summed E-state index contributed by atoms with van der Waals surface area (Å²) in [4.78, 5) is 11.1. The Morgan fingerprint density at radius 2 is 2.10 bits per heavy atom. The summed E-state index contributed by atoms with van der Waals surface area (Å²) >= 11 is 0. The molecule has 0 aliphatic carbocycles. The summed E-state index contributed by atoms with van der Waals surface area (Å²) in [6.45, 7) is 8.58. The molecule has 1 atom stereocenters. The van der Waals surface area contributed by atoms with Gasteiger partial charge in [0.2, 0.25) is 0 Å². The number of rotatable bonds is 8. The van der Waals surface area contributed by atoms with Crippen molar-refractivity contribution in [3.8, 4) is 5.75 Å². The van der Waals surface area contributed by atoms with Crippen LogP contribution in [0.5, 0.6) is 5.75 Å². The van der Waals surface area contributed by atoms with E-state index in [4.69, 9.17) is 15.6 Å². The summed E-state index contributed by atoms with van der Waals surface area (Å²) in [7, 11) is 0. The fourth-order valence-electron chi connectivity index (χ4n) is 2.14. The highest BCUT2D eigenvalue weighted by molar-refractivity contribution is 5.78. The lowest BCUT2D eigenvalue weighted by atomic mass is 9.92. The van der Waals surface area contributed by atoms with E-state index in [0.717, 1.165) is 11.3 Å². The Hall–Kier alpha value is -1.55. The standard InChI is InChI=1S/C17H27NO3/c1-5-17(18,16(19)20)9-6-10-21-15-11-14(12(2)3)8-7-13(15)4/h7-8,11-12H,5-6,9-10,18H2,1-4H3,(H,19,20). The van der Waals surface area contributed by atoms with E-state index in [1.54, 1.807) is 6.92 Å². The Labute approximate surface area is 127 Å². The van der Waals surface area contributed by atoms with Crippen LogP contribution in [0.2, 0.25) is 0 Å². The Morgan fingerprint density at radius 1 is 1.43 bits per heavy atom. The molecule has 0 bridgehead atoms. The molecule has 0 aliphatic heterocycles. The highest BCUT2D eigenvalue weighted by atomic mass is 16.5. The first-order valence-electron chi connectivity index (χ1n) is 7.55. The van der Waals surface area contributed by atoms with Crippen molar-refractivity contribution in [2.75, 3.05) is 6.61 Å². The van der Waals surface area contributed by atoms with E-state index < -0.39 is 11.5 Å². The summed E-state index contributed by atoms with van der Waals surface area (Å²) < 4.78 is 5.80. The summed E-state index contributed by atoms with van der Waals surface area (Å²) in [6.07, 6.45) is 1.47. The Bertz CT molecular complexity index is 485. The van der Waals surface area contributed by atoms with Crippen molar-refractivity contribution >= 4 is 5.97 Å². The van der Waals surface area contributed by atoms with Crippen molar-refractivity contribution in [1.82, 2.24) is 0 Å². The molecule has 0 saturated carbocycles. The van der Waals surface area contributed by atoms with Crippen LogP contribution in [0.25, 0.3) is 0 Å². The number of carbonyl (C=O) groups is 1. The third-order valence-electron chi connectivity index (χ3n) is 3.96. The first-order valence-corrected chi connectivity index (χ1v) is 7.55. The molecule has 0 aliphatic rings. The monoisotopic (exact) mass is 293 g/mol. The molecule has 4 heteroatoms.